The number of hydrogen-bond acceptors (Lipinski definition) is 3. The summed E-state index contributed by atoms with van der Waals surface area (Å²) in [6, 6.07) is 3.39. The molecule has 0 aliphatic heterocycles. The number of nitrogen functional groups attached to an aromatic ring is 1. The number of imidazole rings is 1. The molecule has 2 aromatic rings. The summed E-state index contributed by atoms with van der Waals surface area (Å²) < 4.78 is 1.79. The average Bonchev–Trinajstić information content (AvgIpc) is 2.56. The molecule has 0 unspecified atom stereocenters. The Balaban J connectivity index is 2.34. The fourth-order valence-electron chi connectivity index (χ4n) is 1.72. The quantitative estimate of drug-likeness (QED) is 0.907. The van der Waals surface area contributed by atoms with Crippen molar-refractivity contribution in [3.8, 4) is 0 Å². The summed E-state index contributed by atoms with van der Waals surface area (Å²) in [5.74, 6) is 0.285. The number of carbonyl (C=O) groups is 1. The molecule has 0 saturated carbocycles. The monoisotopic (exact) mass is 286 g/mol. The number of carbonyl (C=O) groups excluding carboxylic acids is 1. The minimum atomic E-state index is -0.0842. The zero-order valence-electron chi connectivity index (χ0n) is 9.70. The molecule has 0 spiro atoms. The van der Waals surface area contributed by atoms with Gasteiger partial charge in [0.15, 0.2) is 0 Å². The molecule has 0 bridgehead atoms. The Bertz CT molecular complexity index is 609. The maximum atomic E-state index is 10.8. The van der Waals surface area contributed by atoms with Crippen LogP contribution in [-0.4, -0.2) is 22.0 Å². The van der Waals surface area contributed by atoms with Crippen molar-refractivity contribution in [3.05, 3.63) is 22.2 Å². The molecule has 0 fully saturated rings. The molecule has 3 N–H and O–H groups in total. The Morgan fingerprint density at radius 2 is 2.11 bits per heavy atom. The van der Waals surface area contributed by atoms with E-state index in [0.29, 0.717) is 34.6 Å². The third-order valence-corrected chi connectivity index (χ3v) is 3.25. The van der Waals surface area contributed by atoms with Crippen molar-refractivity contribution in [1.29, 1.82) is 0 Å². The van der Waals surface area contributed by atoms with Gasteiger partial charge in [0.25, 0.3) is 0 Å². The van der Waals surface area contributed by atoms with E-state index in [4.69, 9.17) is 28.9 Å². The Morgan fingerprint density at radius 3 is 2.78 bits per heavy atom. The minimum absolute atomic E-state index is 0.0842. The number of hydrogen-bond donors (Lipinski definition) is 2. The molecule has 0 aliphatic rings. The number of aromatic nitrogens is 2. The zero-order chi connectivity index (χ0) is 13.3. The Morgan fingerprint density at radius 1 is 1.44 bits per heavy atom. The first kappa shape index (κ1) is 13.0. The second kappa shape index (κ2) is 5.04. The van der Waals surface area contributed by atoms with Gasteiger partial charge < -0.3 is 15.6 Å². The molecule has 1 heterocycles. The molecule has 2 rings (SSSR count). The third-order valence-electron chi connectivity index (χ3n) is 2.53. The van der Waals surface area contributed by atoms with Crippen molar-refractivity contribution in [2.75, 3.05) is 12.3 Å². The molecule has 0 atom stereocenters. The molecule has 1 aromatic carbocycles. The van der Waals surface area contributed by atoms with Gasteiger partial charge in [0.2, 0.25) is 11.9 Å². The lowest BCUT2D eigenvalue weighted by Gasteiger charge is -2.07. The summed E-state index contributed by atoms with van der Waals surface area (Å²) in [6.45, 7) is 2.47. The Labute approximate surface area is 114 Å². The number of amides is 1. The topological polar surface area (TPSA) is 72.9 Å². The zero-order valence-corrected chi connectivity index (χ0v) is 11.2. The highest BCUT2D eigenvalue weighted by Gasteiger charge is 2.10. The number of benzene rings is 1. The van der Waals surface area contributed by atoms with E-state index >= 15 is 0 Å². The largest absolute Gasteiger partial charge is 0.369 e. The highest BCUT2D eigenvalue weighted by Crippen LogP contribution is 2.28. The van der Waals surface area contributed by atoms with Crippen molar-refractivity contribution in [1.82, 2.24) is 14.9 Å². The standard InChI is InChI=1S/C11H12Cl2N4O/c1-6(18)15-2-3-17-10-5-8(13)7(12)4-9(10)16-11(17)14/h4-5H,2-3H2,1H3,(H2,14,16)(H,15,18). The van der Waals surface area contributed by atoms with Crippen LogP contribution in [0.3, 0.4) is 0 Å². The molecular weight excluding hydrogens is 275 g/mol. The maximum Gasteiger partial charge on any atom is 0.216 e. The van der Waals surface area contributed by atoms with Crippen LogP contribution >= 0.6 is 23.2 Å². The van der Waals surface area contributed by atoms with Gasteiger partial charge in [0.1, 0.15) is 0 Å². The van der Waals surface area contributed by atoms with Crippen LogP contribution in [0.25, 0.3) is 11.0 Å². The van der Waals surface area contributed by atoms with Crippen LogP contribution in [0.15, 0.2) is 12.1 Å². The fourth-order valence-corrected chi connectivity index (χ4v) is 2.03. The number of halogens is 2. The van der Waals surface area contributed by atoms with Crippen molar-refractivity contribution in [2.45, 2.75) is 13.5 Å². The molecule has 96 valence electrons. The van der Waals surface area contributed by atoms with Crippen molar-refractivity contribution >= 4 is 46.1 Å². The number of anilines is 1. The van der Waals surface area contributed by atoms with Crippen LogP contribution in [0, 0.1) is 0 Å². The van der Waals surface area contributed by atoms with Gasteiger partial charge in [-0.2, -0.15) is 0 Å². The lowest BCUT2D eigenvalue weighted by atomic mass is 10.3. The van der Waals surface area contributed by atoms with E-state index in [1.54, 1.807) is 16.7 Å². The van der Waals surface area contributed by atoms with Crippen molar-refractivity contribution in [3.63, 3.8) is 0 Å². The third kappa shape index (κ3) is 2.52. The summed E-state index contributed by atoms with van der Waals surface area (Å²) in [7, 11) is 0. The summed E-state index contributed by atoms with van der Waals surface area (Å²) in [5, 5.41) is 3.59. The number of nitrogens with one attached hydrogen (secondary N) is 1. The van der Waals surface area contributed by atoms with E-state index in [1.807, 2.05) is 0 Å². The average molecular weight is 287 g/mol. The maximum absolute atomic E-state index is 10.8. The lowest BCUT2D eigenvalue weighted by molar-refractivity contribution is -0.118. The number of fused-ring (bicyclic) bond motifs is 1. The molecular formula is C11H12Cl2N4O. The van der Waals surface area contributed by atoms with Crippen LogP contribution in [-0.2, 0) is 11.3 Å². The minimum Gasteiger partial charge on any atom is -0.369 e. The van der Waals surface area contributed by atoms with Gasteiger partial charge in [0.05, 0.1) is 21.1 Å². The summed E-state index contributed by atoms with van der Waals surface area (Å²) >= 11 is 11.9. The van der Waals surface area contributed by atoms with E-state index < -0.39 is 0 Å². The van der Waals surface area contributed by atoms with E-state index in [0.717, 1.165) is 5.52 Å². The molecule has 18 heavy (non-hydrogen) atoms. The second-order valence-electron chi connectivity index (χ2n) is 3.86. The Kier molecular flexibility index (Phi) is 3.63. The van der Waals surface area contributed by atoms with Gasteiger partial charge >= 0.3 is 0 Å². The normalized spacial score (nSPS) is 10.8. The predicted molar refractivity (Wildman–Crippen MR) is 72.8 cm³/mol. The van der Waals surface area contributed by atoms with Crippen LogP contribution in [0.5, 0.6) is 0 Å². The van der Waals surface area contributed by atoms with Crippen LogP contribution in [0.4, 0.5) is 5.95 Å². The molecule has 0 saturated heterocycles. The van der Waals surface area contributed by atoms with Gasteiger partial charge in [-0.3, -0.25) is 4.79 Å². The van der Waals surface area contributed by atoms with Gasteiger partial charge in [-0.15, -0.1) is 0 Å². The lowest BCUT2D eigenvalue weighted by Crippen LogP contribution is -2.24. The smallest absolute Gasteiger partial charge is 0.216 e. The molecule has 1 aromatic heterocycles. The van der Waals surface area contributed by atoms with Crippen molar-refractivity contribution in [2.24, 2.45) is 0 Å². The highest BCUT2D eigenvalue weighted by atomic mass is 35.5. The van der Waals surface area contributed by atoms with Gasteiger partial charge in [-0.25, -0.2) is 4.98 Å². The van der Waals surface area contributed by atoms with Crippen molar-refractivity contribution < 1.29 is 4.79 Å². The molecule has 1 amide bonds. The number of nitrogens with two attached hydrogens (primary N) is 1. The Hall–Kier alpha value is -1.46. The summed E-state index contributed by atoms with van der Waals surface area (Å²) in [4.78, 5) is 15.0. The van der Waals surface area contributed by atoms with Gasteiger partial charge in [-0.05, 0) is 12.1 Å². The SMILES string of the molecule is CC(=O)NCCn1c(N)nc2cc(Cl)c(Cl)cc21. The highest BCUT2D eigenvalue weighted by molar-refractivity contribution is 6.42. The van der Waals surface area contributed by atoms with Crippen LogP contribution < -0.4 is 11.1 Å². The number of rotatable bonds is 3. The van der Waals surface area contributed by atoms with E-state index in [-0.39, 0.29) is 5.91 Å². The summed E-state index contributed by atoms with van der Waals surface area (Å²) in [5.41, 5.74) is 7.31. The number of nitrogens with zero attached hydrogens (tertiary/aromatic N) is 2. The first-order chi connectivity index (χ1) is 8.49. The van der Waals surface area contributed by atoms with Crippen LogP contribution in [0.1, 0.15) is 6.92 Å². The molecule has 5 nitrogen and oxygen atoms in total. The van der Waals surface area contributed by atoms with Crippen LogP contribution in [0.2, 0.25) is 10.0 Å². The molecule has 0 radical (unpaired) electrons. The van der Waals surface area contributed by atoms with Gasteiger partial charge in [-0.1, -0.05) is 23.2 Å². The fraction of sp³-hybridized carbons (Fsp3) is 0.273. The van der Waals surface area contributed by atoms with E-state index in [1.165, 1.54) is 6.92 Å². The first-order valence-electron chi connectivity index (χ1n) is 5.34. The summed E-state index contributed by atoms with van der Waals surface area (Å²) in [6.07, 6.45) is 0. The molecule has 7 heteroatoms. The first-order valence-corrected chi connectivity index (χ1v) is 6.10. The second-order valence-corrected chi connectivity index (χ2v) is 4.67. The predicted octanol–water partition coefficient (Wildman–Crippen LogP) is 2.06. The molecule has 0 aliphatic carbocycles. The van der Waals surface area contributed by atoms with Gasteiger partial charge in [0, 0.05) is 20.0 Å². The van der Waals surface area contributed by atoms with E-state index in [2.05, 4.69) is 10.3 Å². The van der Waals surface area contributed by atoms with E-state index in [9.17, 15) is 4.79 Å².